The van der Waals surface area contributed by atoms with E-state index >= 15 is 0 Å². The molecule has 90 valence electrons. The molecule has 4 heteroatoms. The van der Waals surface area contributed by atoms with Gasteiger partial charge in [-0.05, 0) is 18.1 Å². The molecule has 0 radical (unpaired) electrons. The fraction of sp³-hybridized carbons (Fsp3) is 0.583. The summed E-state index contributed by atoms with van der Waals surface area (Å²) < 4.78 is 10.5. The standard InChI is InChI=1S/C12H20N2O2/c1-3-11-7-10(9-13)8-12(14-11)16-6-4-5-15-2/h7-8H,3-6,9,13H2,1-2H3. The van der Waals surface area contributed by atoms with Gasteiger partial charge in [0.25, 0.3) is 0 Å². The van der Waals surface area contributed by atoms with Crippen molar-refractivity contribution in [1.82, 2.24) is 4.98 Å². The summed E-state index contributed by atoms with van der Waals surface area (Å²) >= 11 is 0. The van der Waals surface area contributed by atoms with E-state index in [-0.39, 0.29) is 0 Å². The second-order valence-electron chi connectivity index (χ2n) is 3.56. The largest absolute Gasteiger partial charge is 0.478 e. The average molecular weight is 224 g/mol. The number of hydrogen-bond acceptors (Lipinski definition) is 4. The van der Waals surface area contributed by atoms with Crippen LogP contribution in [0.4, 0.5) is 0 Å². The molecule has 0 aliphatic heterocycles. The van der Waals surface area contributed by atoms with E-state index in [2.05, 4.69) is 11.9 Å². The van der Waals surface area contributed by atoms with Crippen LogP contribution in [0.25, 0.3) is 0 Å². The quantitative estimate of drug-likeness (QED) is 0.713. The Morgan fingerprint density at radius 1 is 1.31 bits per heavy atom. The highest BCUT2D eigenvalue weighted by molar-refractivity contribution is 5.25. The van der Waals surface area contributed by atoms with Crippen LogP contribution < -0.4 is 10.5 Å². The minimum atomic E-state index is 0.518. The predicted molar refractivity (Wildman–Crippen MR) is 63.5 cm³/mol. The van der Waals surface area contributed by atoms with Crippen molar-refractivity contribution in [3.05, 3.63) is 23.4 Å². The van der Waals surface area contributed by atoms with Crippen LogP contribution in [0, 0.1) is 0 Å². The number of aryl methyl sites for hydroxylation is 1. The van der Waals surface area contributed by atoms with Crippen LogP contribution in [0.2, 0.25) is 0 Å². The molecular weight excluding hydrogens is 204 g/mol. The van der Waals surface area contributed by atoms with Crippen molar-refractivity contribution in [1.29, 1.82) is 0 Å². The highest BCUT2D eigenvalue weighted by Crippen LogP contribution is 2.13. The summed E-state index contributed by atoms with van der Waals surface area (Å²) in [5.74, 6) is 0.663. The van der Waals surface area contributed by atoms with E-state index in [1.54, 1.807) is 7.11 Å². The van der Waals surface area contributed by atoms with Crippen molar-refractivity contribution in [3.8, 4) is 5.88 Å². The summed E-state index contributed by atoms with van der Waals surface area (Å²) in [7, 11) is 1.68. The zero-order valence-corrected chi connectivity index (χ0v) is 10.0. The third-order valence-electron chi connectivity index (χ3n) is 2.26. The molecule has 0 fully saturated rings. The first-order chi connectivity index (χ1) is 7.80. The van der Waals surface area contributed by atoms with Crippen LogP contribution in [-0.2, 0) is 17.7 Å². The molecule has 1 aromatic rings. The van der Waals surface area contributed by atoms with Gasteiger partial charge in [0.15, 0.2) is 0 Å². The highest BCUT2D eigenvalue weighted by atomic mass is 16.5. The number of hydrogen-bond donors (Lipinski definition) is 1. The highest BCUT2D eigenvalue weighted by Gasteiger charge is 2.01. The first-order valence-electron chi connectivity index (χ1n) is 5.61. The van der Waals surface area contributed by atoms with E-state index in [9.17, 15) is 0 Å². The topological polar surface area (TPSA) is 57.4 Å². The Morgan fingerprint density at radius 2 is 2.12 bits per heavy atom. The first-order valence-corrected chi connectivity index (χ1v) is 5.61. The van der Waals surface area contributed by atoms with Gasteiger partial charge < -0.3 is 15.2 Å². The summed E-state index contributed by atoms with van der Waals surface area (Å²) in [4.78, 5) is 4.38. The Morgan fingerprint density at radius 3 is 2.75 bits per heavy atom. The molecule has 0 saturated carbocycles. The van der Waals surface area contributed by atoms with Crippen LogP contribution in [0.1, 0.15) is 24.6 Å². The molecule has 1 rings (SSSR count). The van der Waals surface area contributed by atoms with Crippen LogP contribution in [0.15, 0.2) is 12.1 Å². The predicted octanol–water partition coefficient (Wildman–Crippen LogP) is 1.52. The molecule has 0 saturated heterocycles. The van der Waals surface area contributed by atoms with Gasteiger partial charge in [0, 0.05) is 38.4 Å². The maximum absolute atomic E-state index is 5.62. The van der Waals surface area contributed by atoms with Crippen LogP contribution >= 0.6 is 0 Å². The summed E-state index contributed by atoms with van der Waals surface area (Å²) in [6.07, 6.45) is 1.76. The summed E-state index contributed by atoms with van der Waals surface area (Å²) in [5, 5.41) is 0. The van der Waals surface area contributed by atoms with Crippen molar-refractivity contribution in [2.45, 2.75) is 26.3 Å². The van der Waals surface area contributed by atoms with Crippen LogP contribution in [0.5, 0.6) is 5.88 Å². The summed E-state index contributed by atoms with van der Waals surface area (Å²) in [6.45, 7) is 3.91. The van der Waals surface area contributed by atoms with Crippen molar-refractivity contribution in [2.24, 2.45) is 5.73 Å². The Hall–Kier alpha value is -1.13. The number of methoxy groups -OCH3 is 1. The van der Waals surface area contributed by atoms with Crippen molar-refractivity contribution in [3.63, 3.8) is 0 Å². The van der Waals surface area contributed by atoms with E-state index in [0.717, 1.165) is 24.1 Å². The summed E-state index contributed by atoms with van der Waals surface area (Å²) in [5.41, 5.74) is 7.70. The number of pyridine rings is 1. The molecule has 0 bridgehead atoms. The second kappa shape index (κ2) is 7.19. The molecule has 4 nitrogen and oxygen atoms in total. The lowest BCUT2D eigenvalue weighted by atomic mass is 10.2. The molecule has 0 unspecified atom stereocenters. The minimum Gasteiger partial charge on any atom is -0.478 e. The molecule has 2 N–H and O–H groups in total. The number of ether oxygens (including phenoxy) is 2. The molecule has 0 aliphatic rings. The Kier molecular flexibility index (Phi) is 5.82. The number of rotatable bonds is 7. The van der Waals surface area contributed by atoms with Gasteiger partial charge in [0.05, 0.1) is 6.61 Å². The third kappa shape index (κ3) is 4.16. The fourth-order valence-corrected chi connectivity index (χ4v) is 1.37. The molecule has 0 amide bonds. The van der Waals surface area contributed by atoms with E-state index in [4.69, 9.17) is 15.2 Å². The molecule has 0 aromatic carbocycles. The smallest absolute Gasteiger partial charge is 0.213 e. The molecule has 0 atom stereocenters. The molecular formula is C12H20N2O2. The monoisotopic (exact) mass is 224 g/mol. The number of nitrogens with zero attached hydrogens (tertiary/aromatic N) is 1. The molecule has 0 aliphatic carbocycles. The maximum atomic E-state index is 5.62. The van der Waals surface area contributed by atoms with Crippen LogP contribution in [-0.4, -0.2) is 25.3 Å². The Balaban J connectivity index is 2.57. The normalized spacial score (nSPS) is 10.4. The van der Waals surface area contributed by atoms with Crippen LogP contribution in [0.3, 0.4) is 0 Å². The van der Waals surface area contributed by atoms with E-state index in [1.807, 2.05) is 12.1 Å². The third-order valence-corrected chi connectivity index (χ3v) is 2.26. The Bertz CT molecular complexity index is 294. The fourth-order valence-electron chi connectivity index (χ4n) is 1.37. The number of nitrogens with two attached hydrogens (primary N) is 1. The van der Waals surface area contributed by atoms with Crippen molar-refractivity contribution < 1.29 is 9.47 Å². The zero-order chi connectivity index (χ0) is 11.8. The molecule has 1 aromatic heterocycles. The van der Waals surface area contributed by atoms with E-state index < -0.39 is 0 Å². The lowest BCUT2D eigenvalue weighted by molar-refractivity contribution is 0.170. The van der Waals surface area contributed by atoms with Gasteiger partial charge in [-0.15, -0.1) is 0 Å². The second-order valence-corrected chi connectivity index (χ2v) is 3.56. The summed E-state index contributed by atoms with van der Waals surface area (Å²) in [6, 6.07) is 3.91. The van der Waals surface area contributed by atoms with Crippen molar-refractivity contribution >= 4 is 0 Å². The first kappa shape index (κ1) is 12.9. The van der Waals surface area contributed by atoms with Crippen molar-refractivity contribution in [2.75, 3.05) is 20.3 Å². The van der Waals surface area contributed by atoms with Gasteiger partial charge in [-0.1, -0.05) is 6.92 Å². The molecule has 16 heavy (non-hydrogen) atoms. The van der Waals surface area contributed by atoms with E-state index in [0.29, 0.717) is 25.6 Å². The zero-order valence-electron chi connectivity index (χ0n) is 10.0. The van der Waals surface area contributed by atoms with Gasteiger partial charge in [-0.3, -0.25) is 0 Å². The SMILES string of the molecule is CCc1cc(CN)cc(OCCCOC)n1. The van der Waals surface area contributed by atoms with Gasteiger partial charge >= 0.3 is 0 Å². The van der Waals surface area contributed by atoms with Gasteiger partial charge in [-0.2, -0.15) is 0 Å². The molecule has 0 spiro atoms. The maximum Gasteiger partial charge on any atom is 0.213 e. The Labute approximate surface area is 96.8 Å². The van der Waals surface area contributed by atoms with Gasteiger partial charge in [0.2, 0.25) is 5.88 Å². The molecule has 1 heterocycles. The number of aromatic nitrogens is 1. The average Bonchev–Trinajstić information content (AvgIpc) is 2.34. The van der Waals surface area contributed by atoms with Gasteiger partial charge in [-0.25, -0.2) is 4.98 Å². The lowest BCUT2D eigenvalue weighted by Crippen LogP contribution is -2.05. The lowest BCUT2D eigenvalue weighted by Gasteiger charge is -2.08. The van der Waals surface area contributed by atoms with Gasteiger partial charge in [0.1, 0.15) is 0 Å². The minimum absolute atomic E-state index is 0.518. The van der Waals surface area contributed by atoms with E-state index in [1.165, 1.54) is 0 Å².